The van der Waals surface area contributed by atoms with Crippen LogP contribution in [0.5, 0.6) is 0 Å². The second kappa shape index (κ2) is 72.7. The van der Waals surface area contributed by atoms with Crippen LogP contribution < -0.4 is 5.32 Å². The number of nitrogens with one attached hydrogen (secondary N) is 1. The minimum absolute atomic E-state index is 0.246. The minimum atomic E-state index is -1.98. The van der Waals surface area contributed by atoms with E-state index in [1.807, 2.05) is 0 Å². The number of carbonyl (C=O) groups is 1. The third-order valence-corrected chi connectivity index (χ3v) is 22.4. The van der Waals surface area contributed by atoms with Crippen LogP contribution in [0.25, 0.3) is 0 Å². The molecule has 0 aromatic carbocycles. The number of allylic oxidation sites excluding steroid dienone is 16. The zero-order valence-electron chi connectivity index (χ0n) is 70.8. The quantitative estimate of drug-likeness (QED) is 0.0199. The molecule has 0 saturated carbocycles. The van der Waals surface area contributed by atoms with Gasteiger partial charge < -0.3 is 89.9 Å². The number of carbonyl (C=O) groups excluding carboxylic acids is 1. The van der Waals surface area contributed by atoms with Gasteiger partial charge in [0.05, 0.1) is 38.6 Å². The molecule has 17 atom stereocenters. The first kappa shape index (κ1) is 104. The van der Waals surface area contributed by atoms with E-state index in [1.165, 1.54) is 218 Å². The molecule has 3 heterocycles. The number of aliphatic hydroxyl groups excluding tert-OH is 11. The van der Waals surface area contributed by atoms with E-state index in [-0.39, 0.29) is 18.9 Å². The van der Waals surface area contributed by atoms with Gasteiger partial charge in [0.2, 0.25) is 5.91 Å². The van der Waals surface area contributed by atoms with Crippen LogP contribution >= 0.6 is 0 Å². The normalized spacial score (nSPS) is 25.3. The molecule has 3 aliphatic heterocycles. The van der Waals surface area contributed by atoms with Gasteiger partial charge in [0.25, 0.3) is 0 Å². The average molecular weight is 1600 g/mol. The van der Waals surface area contributed by atoms with E-state index in [4.69, 9.17) is 28.4 Å². The summed E-state index contributed by atoms with van der Waals surface area (Å²) < 4.78 is 34.6. The van der Waals surface area contributed by atoms with Crippen molar-refractivity contribution in [1.29, 1.82) is 0 Å². The Hall–Kier alpha value is -3.29. The van der Waals surface area contributed by atoms with Crippen molar-refractivity contribution in [2.45, 2.75) is 465 Å². The topological polar surface area (TPSA) is 307 Å². The molecule has 17 unspecified atom stereocenters. The van der Waals surface area contributed by atoms with Crippen molar-refractivity contribution in [3.05, 3.63) is 97.2 Å². The monoisotopic (exact) mass is 1600 g/mol. The van der Waals surface area contributed by atoms with E-state index in [9.17, 15) is 61.0 Å². The summed E-state index contributed by atoms with van der Waals surface area (Å²) in [5.41, 5.74) is 0. The van der Waals surface area contributed by atoms with Gasteiger partial charge in [-0.25, -0.2) is 0 Å². The fourth-order valence-electron chi connectivity index (χ4n) is 15.2. The number of rotatable bonds is 74. The van der Waals surface area contributed by atoms with Crippen molar-refractivity contribution in [1.82, 2.24) is 5.32 Å². The Morgan fingerprint density at radius 3 is 0.956 bits per heavy atom. The highest BCUT2D eigenvalue weighted by atomic mass is 16.8. The van der Waals surface area contributed by atoms with Crippen LogP contribution in [0.15, 0.2) is 97.2 Å². The van der Waals surface area contributed by atoms with E-state index < -0.39 is 124 Å². The predicted octanol–water partition coefficient (Wildman–Crippen LogP) is 17.9. The lowest BCUT2D eigenvalue weighted by molar-refractivity contribution is -0.379. The smallest absolute Gasteiger partial charge is 0.220 e. The number of unbranched alkanes of at least 4 members (excludes halogenated alkanes) is 42. The molecule has 19 nitrogen and oxygen atoms in total. The van der Waals surface area contributed by atoms with E-state index >= 15 is 0 Å². The second-order valence-corrected chi connectivity index (χ2v) is 32.4. The fourth-order valence-corrected chi connectivity index (χ4v) is 15.2. The molecule has 0 aromatic heterocycles. The Bertz CT molecular complexity index is 2420. The van der Waals surface area contributed by atoms with Gasteiger partial charge in [-0.2, -0.15) is 0 Å². The summed E-state index contributed by atoms with van der Waals surface area (Å²) in [6.45, 7) is 1.73. The lowest BCUT2D eigenvalue weighted by Gasteiger charge is -2.48. The van der Waals surface area contributed by atoms with Crippen LogP contribution in [0.1, 0.15) is 361 Å². The third-order valence-electron chi connectivity index (χ3n) is 22.4. The summed E-state index contributed by atoms with van der Waals surface area (Å²) in [6, 6.07) is -0.899. The molecular formula is C94H167NO18. The summed E-state index contributed by atoms with van der Waals surface area (Å²) >= 11 is 0. The highest BCUT2D eigenvalue weighted by Crippen LogP contribution is 2.34. The lowest BCUT2D eigenvalue weighted by Crippen LogP contribution is -2.66. The Morgan fingerprint density at radius 2 is 0.611 bits per heavy atom. The SMILES string of the molecule is CC/C=C\C/C=C\C/C=C\C/C=C\C/C=C\C/C=C\C/C=C\C/C=C\CCCCCCCCCCCCC(=O)NC(COC1OC(CO)C(OC2OC(CO)C(OC3OC(CO)C(O)C(O)C3O)C(O)C2O)C(O)C1O)C(O)CCCCCCCCCCCCCCCCCCCCCCCCCCCCCCCCCCC. The molecule has 3 aliphatic rings. The zero-order valence-corrected chi connectivity index (χ0v) is 70.8. The largest absolute Gasteiger partial charge is 0.394 e. The van der Waals surface area contributed by atoms with Crippen LogP contribution in [0.4, 0.5) is 0 Å². The Balaban J connectivity index is 1.32. The summed E-state index contributed by atoms with van der Waals surface area (Å²) in [5.74, 6) is -0.246. The molecule has 12 N–H and O–H groups in total. The Labute approximate surface area is 685 Å². The highest BCUT2D eigenvalue weighted by molar-refractivity contribution is 5.76. The number of aliphatic hydroxyl groups is 11. The molecule has 0 spiro atoms. The van der Waals surface area contributed by atoms with Gasteiger partial charge in [0, 0.05) is 6.42 Å². The van der Waals surface area contributed by atoms with E-state index in [2.05, 4.69) is 116 Å². The number of hydrogen-bond acceptors (Lipinski definition) is 18. The maximum atomic E-state index is 13.6. The van der Waals surface area contributed by atoms with Crippen LogP contribution in [0, 0.1) is 0 Å². The summed E-state index contributed by atoms with van der Waals surface area (Å²) in [6.07, 6.45) is 73.7. The first-order valence-electron chi connectivity index (χ1n) is 46.0. The van der Waals surface area contributed by atoms with Crippen LogP contribution in [0.2, 0.25) is 0 Å². The van der Waals surface area contributed by atoms with Gasteiger partial charge in [-0.1, -0.05) is 374 Å². The first-order valence-corrected chi connectivity index (χ1v) is 46.0. The minimum Gasteiger partial charge on any atom is -0.394 e. The van der Waals surface area contributed by atoms with E-state index in [0.29, 0.717) is 12.8 Å². The zero-order chi connectivity index (χ0) is 81.7. The average Bonchev–Trinajstić information content (AvgIpc) is 0.780. The van der Waals surface area contributed by atoms with Crippen molar-refractivity contribution in [3.8, 4) is 0 Å². The number of ether oxygens (including phenoxy) is 6. The molecule has 0 aliphatic carbocycles. The molecular weight excluding hydrogens is 1430 g/mol. The molecule has 113 heavy (non-hydrogen) atoms. The van der Waals surface area contributed by atoms with E-state index in [0.717, 1.165) is 109 Å². The fraction of sp³-hybridized carbons (Fsp3) is 0.819. The number of hydrogen-bond donors (Lipinski definition) is 12. The van der Waals surface area contributed by atoms with Gasteiger partial charge >= 0.3 is 0 Å². The Morgan fingerprint density at radius 1 is 0.327 bits per heavy atom. The summed E-state index contributed by atoms with van der Waals surface area (Å²) in [5, 5.41) is 121. The molecule has 656 valence electrons. The molecule has 0 bridgehead atoms. The van der Waals surface area contributed by atoms with Crippen LogP contribution in [0.3, 0.4) is 0 Å². The van der Waals surface area contributed by atoms with Gasteiger partial charge in [0.1, 0.15) is 73.2 Å². The summed E-state index contributed by atoms with van der Waals surface area (Å²) in [4.78, 5) is 13.6. The van der Waals surface area contributed by atoms with Gasteiger partial charge in [0.15, 0.2) is 18.9 Å². The summed E-state index contributed by atoms with van der Waals surface area (Å²) in [7, 11) is 0. The first-order chi connectivity index (χ1) is 55.3. The maximum absolute atomic E-state index is 13.6. The highest BCUT2D eigenvalue weighted by Gasteiger charge is 2.54. The Kier molecular flexibility index (Phi) is 66.8. The van der Waals surface area contributed by atoms with Crippen molar-refractivity contribution in [2.75, 3.05) is 26.4 Å². The van der Waals surface area contributed by atoms with Crippen molar-refractivity contribution < 1.29 is 89.4 Å². The molecule has 1 amide bonds. The molecule has 19 heteroatoms. The van der Waals surface area contributed by atoms with Crippen LogP contribution in [-0.4, -0.2) is 193 Å². The predicted molar refractivity (Wildman–Crippen MR) is 457 cm³/mol. The van der Waals surface area contributed by atoms with Crippen LogP contribution in [-0.2, 0) is 33.2 Å². The van der Waals surface area contributed by atoms with Gasteiger partial charge in [-0.05, 0) is 77.0 Å². The lowest BCUT2D eigenvalue weighted by atomic mass is 9.96. The molecule has 0 aromatic rings. The molecule has 3 fully saturated rings. The standard InChI is InChI=1S/C94H167NO18/c1-3-5-7-9-11-13-15-17-19-21-23-25-27-29-31-33-35-37-38-40-42-44-46-48-50-52-54-56-58-60-62-64-66-68-70-72-82(100)95-77(78(99)71-69-67-65-63-61-59-57-55-53-51-49-47-45-43-41-39-36-34-32-30-28-26-24-22-20-18-16-14-12-10-8-6-4-2)76-108-92-88(106)85(103)90(80(74-97)110-92)113-94-89(107)86(104)91(81(75-98)111-94)112-93-87(105)84(102)83(101)79(73-96)109-93/h5,7,11,13,17,19,23,25,29,31,35,37,40,42,46,48,77-81,83-94,96-99,101-107H,3-4,6,8-10,12,14-16,18,20-22,24,26-28,30,32-34,36,38-39,41,43-45,47,49-76H2,1-2H3,(H,95,100)/b7-5-,13-11-,19-17-,25-23-,31-29-,37-35-,42-40-,48-46-. The van der Waals surface area contributed by atoms with Gasteiger partial charge in [-0.3, -0.25) is 4.79 Å². The van der Waals surface area contributed by atoms with Crippen molar-refractivity contribution >= 4 is 5.91 Å². The third kappa shape index (κ3) is 51.1. The molecule has 0 radical (unpaired) electrons. The molecule has 3 rings (SSSR count). The van der Waals surface area contributed by atoms with E-state index in [1.54, 1.807) is 0 Å². The second-order valence-electron chi connectivity index (χ2n) is 32.4. The maximum Gasteiger partial charge on any atom is 0.220 e. The molecule has 3 saturated heterocycles. The van der Waals surface area contributed by atoms with Crippen molar-refractivity contribution in [2.24, 2.45) is 0 Å². The van der Waals surface area contributed by atoms with Crippen molar-refractivity contribution in [3.63, 3.8) is 0 Å². The van der Waals surface area contributed by atoms with Gasteiger partial charge in [-0.15, -0.1) is 0 Å². The number of amides is 1.